The van der Waals surface area contributed by atoms with Crippen molar-refractivity contribution in [3.05, 3.63) is 48.3 Å². The second-order valence-corrected chi connectivity index (χ2v) is 4.24. The zero-order valence-corrected chi connectivity index (χ0v) is 11.3. The Kier molecular flexibility index (Phi) is 5.43. The molecule has 0 amide bonds. The Labute approximate surface area is 116 Å². The molecule has 0 saturated carbocycles. The van der Waals surface area contributed by atoms with E-state index in [1.54, 1.807) is 6.92 Å². The van der Waals surface area contributed by atoms with Crippen LogP contribution in [-0.2, 0) is 19.7 Å². The van der Waals surface area contributed by atoms with Gasteiger partial charge in [0.2, 0.25) is 0 Å². The molecular weight excluding hydrogens is 263 g/mol. The number of hydrogen-bond acceptors (Lipinski definition) is 3. The van der Waals surface area contributed by atoms with Gasteiger partial charge in [0.25, 0.3) is 0 Å². The van der Waals surface area contributed by atoms with E-state index >= 15 is 0 Å². The number of ether oxygens (including phenoxy) is 1. The molecule has 1 rings (SSSR count). The van der Waals surface area contributed by atoms with Crippen LogP contribution < -0.4 is 0 Å². The topological polar surface area (TPSA) is 63.6 Å². The standard InChI is InChI=1S/C15H17FO4/c1-3-5-10-15(13(17)18,14(19)20-4-2)11-8-6-7-9-12(11)16/h3,6-9H,1,4-5,10H2,2H3,(H,17,18). The number of rotatable bonds is 7. The highest BCUT2D eigenvalue weighted by Crippen LogP contribution is 2.33. The van der Waals surface area contributed by atoms with Gasteiger partial charge in [0, 0.05) is 5.56 Å². The fourth-order valence-electron chi connectivity index (χ4n) is 2.04. The summed E-state index contributed by atoms with van der Waals surface area (Å²) >= 11 is 0. The van der Waals surface area contributed by atoms with Crippen molar-refractivity contribution in [3.63, 3.8) is 0 Å². The molecule has 1 aromatic carbocycles. The molecule has 0 heterocycles. The monoisotopic (exact) mass is 280 g/mol. The predicted molar refractivity (Wildman–Crippen MR) is 71.8 cm³/mol. The van der Waals surface area contributed by atoms with Crippen LogP contribution in [0, 0.1) is 5.82 Å². The second-order valence-electron chi connectivity index (χ2n) is 4.24. The lowest BCUT2D eigenvalue weighted by molar-refractivity contribution is -0.162. The van der Waals surface area contributed by atoms with Crippen molar-refractivity contribution in [2.75, 3.05) is 6.61 Å². The van der Waals surface area contributed by atoms with Crippen molar-refractivity contribution in [1.29, 1.82) is 0 Å². The molecule has 0 aliphatic heterocycles. The first kappa shape index (κ1) is 15.9. The second kappa shape index (κ2) is 6.84. The molecule has 0 radical (unpaired) electrons. The molecule has 0 saturated heterocycles. The smallest absolute Gasteiger partial charge is 0.328 e. The number of allylic oxidation sites excluding steroid dienone is 1. The number of carboxylic acid groups (broad SMARTS) is 1. The van der Waals surface area contributed by atoms with Gasteiger partial charge in [0.05, 0.1) is 6.61 Å². The minimum atomic E-state index is -2.05. The summed E-state index contributed by atoms with van der Waals surface area (Å²) in [5.41, 5.74) is -2.23. The van der Waals surface area contributed by atoms with E-state index in [4.69, 9.17) is 4.74 Å². The van der Waals surface area contributed by atoms with E-state index in [0.717, 1.165) is 6.07 Å². The number of esters is 1. The molecule has 1 unspecified atom stereocenters. The number of halogens is 1. The lowest BCUT2D eigenvalue weighted by Gasteiger charge is -2.27. The van der Waals surface area contributed by atoms with Gasteiger partial charge in [-0.25, -0.2) is 4.39 Å². The third-order valence-electron chi connectivity index (χ3n) is 3.05. The first-order valence-corrected chi connectivity index (χ1v) is 6.27. The highest BCUT2D eigenvalue weighted by Gasteiger charge is 2.50. The van der Waals surface area contributed by atoms with Crippen LogP contribution in [0.1, 0.15) is 25.3 Å². The summed E-state index contributed by atoms with van der Waals surface area (Å²) in [6.07, 6.45) is 1.63. The first-order chi connectivity index (χ1) is 9.50. The maximum atomic E-state index is 14.0. The zero-order valence-electron chi connectivity index (χ0n) is 11.3. The Morgan fingerprint density at radius 3 is 2.60 bits per heavy atom. The molecule has 1 aromatic rings. The molecule has 5 heteroatoms. The largest absolute Gasteiger partial charge is 0.480 e. The van der Waals surface area contributed by atoms with Crippen LogP contribution in [0.25, 0.3) is 0 Å². The number of hydrogen-bond donors (Lipinski definition) is 1. The molecule has 0 aliphatic rings. The third kappa shape index (κ3) is 2.87. The Hall–Kier alpha value is -2.17. The van der Waals surface area contributed by atoms with Crippen LogP contribution in [0.15, 0.2) is 36.9 Å². The van der Waals surface area contributed by atoms with Crippen molar-refractivity contribution in [1.82, 2.24) is 0 Å². The summed E-state index contributed by atoms with van der Waals surface area (Å²) in [7, 11) is 0. The molecule has 20 heavy (non-hydrogen) atoms. The Balaban J connectivity index is 3.44. The molecular formula is C15H17FO4. The molecule has 0 spiro atoms. The maximum Gasteiger partial charge on any atom is 0.328 e. The minimum Gasteiger partial charge on any atom is -0.480 e. The number of benzene rings is 1. The van der Waals surface area contributed by atoms with Gasteiger partial charge < -0.3 is 9.84 Å². The van der Waals surface area contributed by atoms with E-state index in [9.17, 15) is 19.1 Å². The van der Waals surface area contributed by atoms with Crippen LogP contribution in [0.4, 0.5) is 4.39 Å². The lowest BCUT2D eigenvalue weighted by Crippen LogP contribution is -2.45. The van der Waals surface area contributed by atoms with Gasteiger partial charge in [-0.2, -0.15) is 0 Å². The summed E-state index contributed by atoms with van der Waals surface area (Å²) in [4.78, 5) is 23.9. The van der Waals surface area contributed by atoms with Gasteiger partial charge >= 0.3 is 11.9 Å². The third-order valence-corrected chi connectivity index (χ3v) is 3.05. The Bertz CT molecular complexity index is 512. The highest BCUT2D eigenvalue weighted by atomic mass is 19.1. The number of carbonyl (C=O) groups excluding carboxylic acids is 1. The van der Waals surface area contributed by atoms with Crippen LogP contribution in [-0.4, -0.2) is 23.7 Å². The molecule has 0 fully saturated rings. The fraction of sp³-hybridized carbons (Fsp3) is 0.333. The maximum absolute atomic E-state index is 14.0. The minimum absolute atomic E-state index is 0.0242. The highest BCUT2D eigenvalue weighted by molar-refractivity contribution is 6.05. The van der Waals surface area contributed by atoms with Crippen LogP contribution in [0.3, 0.4) is 0 Å². The molecule has 4 nitrogen and oxygen atoms in total. The summed E-state index contributed by atoms with van der Waals surface area (Å²) in [6.45, 7) is 5.10. The van der Waals surface area contributed by atoms with Crippen LogP contribution >= 0.6 is 0 Å². The predicted octanol–water partition coefficient (Wildman–Crippen LogP) is 2.68. The van der Waals surface area contributed by atoms with E-state index in [2.05, 4.69) is 6.58 Å². The summed E-state index contributed by atoms with van der Waals surface area (Å²) in [6, 6.07) is 5.34. The van der Waals surface area contributed by atoms with E-state index in [1.165, 1.54) is 24.3 Å². The molecule has 0 aromatic heterocycles. The van der Waals surface area contributed by atoms with E-state index in [1.807, 2.05) is 0 Å². The van der Waals surface area contributed by atoms with E-state index in [0.29, 0.717) is 0 Å². The molecule has 108 valence electrons. The molecule has 1 N–H and O–H groups in total. The summed E-state index contributed by atoms with van der Waals surface area (Å²) < 4.78 is 18.8. The fourth-order valence-corrected chi connectivity index (χ4v) is 2.04. The molecule has 1 atom stereocenters. The van der Waals surface area contributed by atoms with Gasteiger partial charge in [0.1, 0.15) is 5.82 Å². The van der Waals surface area contributed by atoms with Crippen molar-refractivity contribution in [2.45, 2.75) is 25.2 Å². The summed E-state index contributed by atoms with van der Waals surface area (Å²) in [5.74, 6) is -3.13. The lowest BCUT2D eigenvalue weighted by atomic mass is 9.76. The number of aliphatic carboxylic acids is 1. The van der Waals surface area contributed by atoms with Gasteiger partial charge in [-0.15, -0.1) is 6.58 Å². The molecule has 0 aliphatic carbocycles. The van der Waals surface area contributed by atoms with Crippen molar-refractivity contribution >= 4 is 11.9 Å². The zero-order chi connectivity index (χ0) is 15.2. The van der Waals surface area contributed by atoms with Gasteiger partial charge in [0.15, 0.2) is 5.41 Å². The Morgan fingerprint density at radius 1 is 1.45 bits per heavy atom. The Morgan fingerprint density at radius 2 is 2.10 bits per heavy atom. The van der Waals surface area contributed by atoms with Gasteiger partial charge in [-0.3, -0.25) is 9.59 Å². The van der Waals surface area contributed by atoms with Crippen LogP contribution in [0.5, 0.6) is 0 Å². The number of carboxylic acids is 1. The average molecular weight is 280 g/mol. The normalized spacial score (nSPS) is 13.3. The van der Waals surface area contributed by atoms with Crippen LogP contribution in [0.2, 0.25) is 0 Å². The SMILES string of the molecule is C=CCCC(C(=O)O)(C(=O)OCC)c1ccccc1F. The van der Waals surface area contributed by atoms with Crippen molar-refractivity contribution < 1.29 is 23.8 Å². The van der Waals surface area contributed by atoms with Gasteiger partial charge in [-0.1, -0.05) is 24.3 Å². The van der Waals surface area contributed by atoms with Crippen molar-refractivity contribution in [2.24, 2.45) is 0 Å². The molecule has 0 bridgehead atoms. The average Bonchev–Trinajstić information content (AvgIpc) is 2.41. The first-order valence-electron chi connectivity index (χ1n) is 6.27. The van der Waals surface area contributed by atoms with Gasteiger partial charge in [-0.05, 0) is 25.8 Å². The summed E-state index contributed by atoms with van der Waals surface area (Å²) in [5, 5.41) is 9.52. The number of carbonyl (C=O) groups is 2. The van der Waals surface area contributed by atoms with E-state index in [-0.39, 0.29) is 25.0 Å². The van der Waals surface area contributed by atoms with Crippen molar-refractivity contribution in [3.8, 4) is 0 Å². The quantitative estimate of drug-likeness (QED) is 0.474. The van der Waals surface area contributed by atoms with E-state index < -0.39 is 23.2 Å².